The molecule has 2 unspecified atom stereocenters. The summed E-state index contributed by atoms with van der Waals surface area (Å²) >= 11 is 0. The largest absolute Gasteiger partial charge is 0.378 e. The second-order valence-electron chi connectivity index (χ2n) is 8.86. The van der Waals surface area contributed by atoms with E-state index in [0.717, 1.165) is 11.1 Å². The van der Waals surface area contributed by atoms with Gasteiger partial charge in [-0.2, -0.15) is 0 Å². The van der Waals surface area contributed by atoms with Gasteiger partial charge in [0.15, 0.2) is 0 Å². The molecule has 1 aliphatic rings. The maximum absolute atomic E-state index is 10.8. The number of nitrogens with zero attached hydrogens (tertiary/aromatic N) is 2. The van der Waals surface area contributed by atoms with Gasteiger partial charge in [0.05, 0.1) is 52.9 Å². The van der Waals surface area contributed by atoms with Gasteiger partial charge in [-0.15, -0.1) is 0 Å². The van der Waals surface area contributed by atoms with Crippen LogP contribution in [-0.4, -0.2) is 112 Å². The monoisotopic (exact) mass is 502 g/mol. The minimum atomic E-state index is -0.606. The van der Waals surface area contributed by atoms with Gasteiger partial charge in [-0.3, -0.25) is 9.80 Å². The summed E-state index contributed by atoms with van der Waals surface area (Å²) in [5.74, 6) is 0. The zero-order chi connectivity index (χ0) is 25.3. The van der Waals surface area contributed by atoms with Gasteiger partial charge >= 0.3 is 0 Å². The Kier molecular flexibility index (Phi) is 14.0. The van der Waals surface area contributed by atoms with Crippen LogP contribution < -0.4 is 0 Å². The summed E-state index contributed by atoms with van der Waals surface area (Å²) in [4.78, 5) is 3.98. The Labute approximate surface area is 215 Å². The molecule has 1 fully saturated rings. The summed E-state index contributed by atoms with van der Waals surface area (Å²) in [6.07, 6.45) is -0.101. The standard InChI is InChI=1S/C28H42N2O6/c31-27(23-25-7-3-1-4-8-25)29-11-15-33-19-21-35-17-13-30(14-18-36-22-20-34-16-12-29)28(32)24-26-9-5-2-6-10-26/h1-10,27-28,31-32H,11-24H2. The molecule has 0 aliphatic carbocycles. The maximum atomic E-state index is 10.8. The molecule has 200 valence electrons. The van der Waals surface area contributed by atoms with Crippen molar-refractivity contribution in [2.75, 3.05) is 79.0 Å². The van der Waals surface area contributed by atoms with Crippen molar-refractivity contribution < 1.29 is 29.2 Å². The first-order chi connectivity index (χ1) is 17.7. The minimum absolute atomic E-state index is 0.481. The number of rotatable bonds is 6. The lowest BCUT2D eigenvalue weighted by Gasteiger charge is -2.28. The molecular formula is C28H42N2O6. The van der Waals surface area contributed by atoms with E-state index in [1.165, 1.54) is 0 Å². The molecule has 0 saturated carbocycles. The first-order valence-corrected chi connectivity index (χ1v) is 13.0. The summed E-state index contributed by atoms with van der Waals surface area (Å²) in [5.41, 5.74) is 2.19. The molecule has 2 atom stereocenters. The van der Waals surface area contributed by atoms with E-state index in [9.17, 15) is 10.2 Å². The molecule has 0 spiro atoms. The van der Waals surface area contributed by atoms with E-state index >= 15 is 0 Å². The predicted octanol–water partition coefficient (Wildman–Crippen LogP) is 1.79. The summed E-state index contributed by atoms with van der Waals surface area (Å²) in [6, 6.07) is 20.0. The normalized spacial score (nSPS) is 20.7. The molecule has 1 heterocycles. The van der Waals surface area contributed by atoms with Crippen molar-refractivity contribution in [3.05, 3.63) is 71.8 Å². The zero-order valence-electron chi connectivity index (χ0n) is 21.2. The Bertz CT molecular complexity index is 710. The van der Waals surface area contributed by atoms with Crippen molar-refractivity contribution in [2.24, 2.45) is 0 Å². The number of hydrogen-bond donors (Lipinski definition) is 2. The molecule has 36 heavy (non-hydrogen) atoms. The maximum Gasteiger partial charge on any atom is 0.111 e. The van der Waals surface area contributed by atoms with Gasteiger partial charge in [0.2, 0.25) is 0 Å². The number of benzene rings is 2. The van der Waals surface area contributed by atoms with Crippen molar-refractivity contribution in [1.82, 2.24) is 9.80 Å². The predicted molar refractivity (Wildman–Crippen MR) is 139 cm³/mol. The zero-order valence-corrected chi connectivity index (χ0v) is 21.2. The summed E-state index contributed by atoms with van der Waals surface area (Å²) in [6.45, 7) is 6.34. The fraction of sp³-hybridized carbons (Fsp3) is 0.571. The van der Waals surface area contributed by atoms with E-state index in [1.807, 2.05) is 70.5 Å². The lowest BCUT2D eigenvalue weighted by Crippen LogP contribution is -2.42. The van der Waals surface area contributed by atoms with E-state index in [0.29, 0.717) is 91.9 Å². The Morgan fingerprint density at radius 2 is 0.806 bits per heavy atom. The molecule has 2 aromatic rings. The molecule has 3 rings (SSSR count). The Morgan fingerprint density at radius 1 is 0.500 bits per heavy atom. The van der Waals surface area contributed by atoms with Crippen LogP contribution in [0.25, 0.3) is 0 Å². The quantitative estimate of drug-likeness (QED) is 0.619. The highest BCUT2D eigenvalue weighted by atomic mass is 16.5. The SMILES string of the molecule is OC(Cc1ccccc1)N1CCOCCOCCN(C(O)Cc2ccccc2)CCOCCOCC1. The van der Waals surface area contributed by atoms with Gasteiger partial charge in [0.1, 0.15) is 12.5 Å². The number of ether oxygens (including phenoxy) is 4. The highest BCUT2D eigenvalue weighted by Gasteiger charge is 2.17. The van der Waals surface area contributed by atoms with E-state index in [4.69, 9.17) is 18.9 Å². The van der Waals surface area contributed by atoms with Gasteiger partial charge < -0.3 is 29.2 Å². The molecule has 0 aromatic heterocycles. The third-order valence-corrected chi connectivity index (χ3v) is 6.20. The molecule has 0 amide bonds. The number of hydrogen-bond acceptors (Lipinski definition) is 8. The average Bonchev–Trinajstić information content (AvgIpc) is 2.89. The lowest BCUT2D eigenvalue weighted by atomic mass is 10.1. The number of aliphatic hydroxyl groups excluding tert-OH is 2. The van der Waals surface area contributed by atoms with Gasteiger partial charge in [-0.05, 0) is 11.1 Å². The van der Waals surface area contributed by atoms with Crippen LogP contribution >= 0.6 is 0 Å². The molecule has 1 saturated heterocycles. The Morgan fingerprint density at radius 3 is 1.11 bits per heavy atom. The summed E-state index contributed by atoms with van der Waals surface area (Å²) in [5, 5.41) is 21.6. The van der Waals surface area contributed by atoms with E-state index in [1.54, 1.807) is 0 Å². The van der Waals surface area contributed by atoms with Crippen molar-refractivity contribution in [1.29, 1.82) is 0 Å². The van der Waals surface area contributed by atoms with Crippen molar-refractivity contribution in [2.45, 2.75) is 25.3 Å². The van der Waals surface area contributed by atoms with E-state index in [-0.39, 0.29) is 0 Å². The van der Waals surface area contributed by atoms with Crippen molar-refractivity contribution in [3.63, 3.8) is 0 Å². The van der Waals surface area contributed by atoms with Gasteiger partial charge in [-0.1, -0.05) is 60.7 Å². The second-order valence-corrected chi connectivity index (χ2v) is 8.86. The fourth-order valence-corrected chi connectivity index (χ4v) is 4.10. The third kappa shape index (κ3) is 11.5. The van der Waals surface area contributed by atoms with Crippen molar-refractivity contribution >= 4 is 0 Å². The Hall–Kier alpha value is -1.88. The van der Waals surface area contributed by atoms with Gasteiger partial charge in [-0.25, -0.2) is 0 Å². The van der Waals surface area contributed by atoms with Crippen LogP contribution in [0.2, 0.25) is 0 Å². The van der Waals surface area contributed by atoms with Crippen LogP contribution in [0, 0.1) is 0 Å². The highest BCUT2D eigenvalue weighted by molar-refractivity contribution is 5.16. The molecule has 0 radical (unpaired) electrons. The van der Waals surface area contributed by atoms with Crippen LogP contribution in [0.15, 0.2) is 60.7 Å². The molecular weight excluding hydrogens is 460 g/mol. The molecule has 2 aromatic carbocycles. The second kappa shape index (κ2) is 17.6. The topological polar surface area (TPSA) is 83.9 Å². The summed E-state index contributed by atoms with van der Waals surface area (Å²) < 4.78 is 23.0. The van der Waals surface area contributed by atoms with Gasteiger partial charge in [0, 0.05) is 39.0 Å². The molecule has 2 N–H and O–H groups in total. The lowest BCUT2D eigenvalue weighted by molar-refractivity contribution is -0.0526. The van der Waals surface area contributed by atoms with Crippen LogP contribution in [0.5, 0.6) is 0 Å². The number of aliphatic hydroxyl groups is 2. The average molecular weight is 503 g/mol. The van der Waals surface area contributed by atoms with E-state index in [2.05, 4.69) is 0 Å². The minimum Gasteiger partial charge on any atom is -0.378 e. The molecule has 0 bridgehead atoms. The smallest absolute Gasteiger partial charge is 0.111 e. The molecule has 8 nitrogen and oxygen atoms in total. The molecule has 8 heteroatoms. The first kappa shape index (κ1) is 28.7. The van der Waals surface area contributed by atoms with Crippen LogP contribution in [-0.2, 0) is 31.8 Å². The van der Waals surface area contributed by atoms with E-state index < -0.39 is 12.5 Å². The van der Waals surface area contributed by atoms with Gasteiger partial charge in [0.25, 0.3) is 0 Å². The van der Waals surface area contributed by atoms with Crippen LogP contribution in [0.4, 0.5) is 0 Å². The highest BCUT2D eigenvalue weighted by Crippen LogP contribution is 2.09. The van der Waals surface area contributed by atoms with Crippen molar-refractivity contribution in [3.8, 4) is 0 Å². The van der Waals surface area contributed by atoms with Crippen LogP contribution in [0.1, 0.15) is 11.1 Å². The third-order valence-electron chi connectivity index (χ3n) is 6.20. The first-order valence-electron chi connectivity index (χ1n) is 13.0. The van der Waals surface area contributed by atoms with Crippen LogP contribution in [0.3, 0.4) is 0 Å². The summed E-state index contributed by atoms with van der Waals surface area (Å²) in [7, 11) is 0. The fourth-order valence-electron chi connectivity index (χ4n) is 4.10. The molecule has 1 aliphatic heterocycles. The Balaban J connectivity index is 1.45.